The molecule has 0 bridgehead atoms. The van der Waals surface area contributed by atoms with Gasteiger partial charge in [-0.05, 0) is 103 Å². The van der Waals surface area contributed by atoms with Gasteiger partial charge in [-0.2, -0.15) is 0 Å². The van der Waals surface area contributed by atoms with E-state index in [0.29, 0.717) is 19.3 Å². The number of unbranched alkanes of at least 4 members (excludes halogenated alkanes) is 29. The van der Waals surface area contributed by atoms with Crippen molar-refractivity contribution >= 4 is 17.9 Å². The molecule has 0 aliphatic carbocycles. The Kier molecular flexibility index (Phi) is 52.8. The first kappa shape index (κ1) is 63.8. The van der Waals surface area contributed by atoms with Gasteiger partial charge in [-0.3, -0.25) is 14.4 Å². The molecule has 0 spiro atoms. The van der Waals surface area contributed by atoms with Crippen molar-refractivity contribution in [3.05, 3.63) is 72.9 Å². The maximum atomic E-state index is 12.8. The number of allylic oxidation sites excluding steroid dienone is 12. The van der Waals surface area contributed by atoms with Crippen molar-refractivity contribution < 1.29 is 28.6 Å². The Hall–Kier alpha value is -3.15. The van der Waals surface area contributed by atoms with Crippen molar-refractivity contribution in [3.8, 4) is 0 Å². The summed E-state index contributed by atoms with van der Waals surface area (Å²) in [6.45, 7) is 6.55. The number of esters is 3. The molecular weight excluding hydrogens is 829 g/mol. The fraction of sp³-hybridized carbons (Fsp3) is 0.754. The summed E-state index contributed by atoms with van der Waals surface area (Å²) in [5.74, 6) is -0.968. The molecule has 0 aromatic carbocycles. The van der Waals surface area contributed by atoms with E-state index in [4.69, 9.17) is 14.2 Å². The minimum Gasteiger partial charge on any atom is -0.462 e. The number of hydrogen-bond donors (Lipinski definition) is 0. The van der Waals surface area contributed by atoms with Gasteiger partial charge in [-0.15, -0.1) is 0 Å². The molecule has 1 atom stereocenters. The third kappa shape index (κ3) is 53.7. The molecule has 0 aromatic heterocycles. The van der Waals surface area contributed by atoms with E-state index in [1.165, 1.54) is 161 Å². The standard InChI is InChI=1S/C61H106O6/c1-4-7-10-13-16-19-22-25-27-29-30-32-33-36-39-42-45-48-51-54-60(63)66-57-58(56-65-59(62)53-50-47-44-41-38-35-24-21-18-15-12-9-6-3)67-61(64)55-52-49-46-43-40-37-34-31-28-26-23-20-17-14-11-8-5-2/h16,19,22,25-26,28,34-35,37-38,43,46,58H,4-15,17-18,20-21,23-24,27,29-33,36,39-42,44-45,47-57H2,1-3H3/b19-16-,25-22-,28-26-,37-34-,38-35-,46-43-. The van der Waals surface area contributed by atoms with Gasteiger partial charge in [0.25, 0.3) is 0 Å². The fourth-order valence-corrected chi connectivity index (χ4v) is 7.86. The molecule has 0 rings (SSSR count). The lowest BCUT2D eigenvalue weighted by Gasteiger charge is -2.18. The van der Waals surface area contributed by atoms with Crippen LogP contribution in [0.4, 0.5) is 0 Å². The first-order chi connectivity index (χ1) is 33.0. The average Bonchev–Trinajstić information content (AvgIpc) is 3.33. The van der Waals surface area contributed by atoms with Gasteiger partial charge >= 0.3 is 17.9 Å². The van der Waals surface area contributed by atoms with Gasteiger partial charge < -0.3 is 14.2 Å². The number of ether oxygens (including phenoxy) is 3. The highest BCUT2D eigenvalue weighted by Crippen LogP contribution is 2.14. The highest BCUT2D eigenvalue weighted by molar-refractivity contribution is 5.71. The highest BCUT2D eigenvalue weighted by Gasteiger charge is 2.19. The SMILES string of the molecule is CCCCC/C=C\C=C/CCCCCCCCCCCCC(=O)OCC(COC(=O)CCCCC/C=C\CCCCCCCC)OC(=O)CCC/C=C\C/C=C\C/C=C\CCCCCCCC. The van der Waals surface area contributed by atoms with Crippen molar-refractivity contribution in [2.24, 2.45) is 0 Å². The Morgan fingerprint density at radius 2 is 0.597 bits per heavy atom. The first-order valence-electron chi connectivity index (χ1n) is 28.5. The van der Waals surface area contributed by atoms with Crippen LogP contribution in [0.1, 0.15) is 278 Å². The number of carbonyl (C=O) groups is 3. The Bertz CT molecular complexity index is 1260. The minimum absolute atomic E-state index is 0.101. The van der Waals surface area contributed by atoms with Crippen molar-refractivity contribution in [3.63, 3.8) is 0 Å². The highest BCUT2D eigenvalue weighted by atomic mass is 16.6. The van der Waals surface area contributed by atoms with Crippen LogP contribution in [0.2, 0.25) is 0 Å². The number of carbonyl (C=O) groups excluding carboxylic acids is 3. The molecular formula is C61H106O6. The van der Waals surface area contributed by atoms with Gasteiger partial charge in [-0.1, -0.05) is 229 Å². The molecule has 0 fully saturated rings. The quantitative estimate of drug-likeness (QED) is 0.0199. The Balaban J connectivity index is 4.45. The van der Waals surface area contributed by atoms with Gasteiger partial charge in [0.1, 0.15) is 13.2 Å². The first-order valence-corrected chi connectivity index (χ1v) is 28.5. The van der Waals surface area contributed by atoms with Crippen LogP contribution in [-0.2, 0) is 28.6 Å². The van der Waals surface area contributed by atoms with Gasteiger partial charge in [0, 0.05) is 19.3 Å². The summed E-state index contributed by atoms with van der Waals surface area (Å²) in [5.41, 5.74) is 0. The third-order valence-electron chi connectivity index (χ3n) is 12.2. The van der Waals surface area contributed by atoms with Crippen LogP contribution < -0.4 is 0 Å². The van der Waals surface area contributed by atoms with E-state index in [0.717, 1.165) is 70.6 Å². The molecule has 6 nitrogen and oxygen atoms in total. The van der Waals surface area contributed by atoms with Crippen LogP contribution in [0.15, 0.2) is 72.9 Å². The Morgan fingerprint density at radius 3 is 1.03 bits per heavy atom. The molecule has 0 saturated carbocycles. The van der Waals surface area contributed by atoms with Crippen LogP contribution in [0.25, 0.3) is 0 Å². The zero-order valence-corrected chi connectivity index (χ0v) is 44.2. The molecule has 0 N–H and O–H groups in total. The lowest BCUT2D eigenvalue weighted by molar-refractivity contribution is -0.167. The van der Waals surface area contributed by atoms with Crippen LogP contribution in [0.5, 0.6) is 0 Å². The van der Waals surface area contributed by atoms with E-state index in [1.54, 1.807) is 0 Å². The van der Waals surface area contributed by atoms with Gasteiger partial charge in [0.05, 0.1) is 0 Å². The summed E-state index contributed by atoms with van der Waals surface area (Å²) in [7, 11) is 0. The lowest BCUT2D eigenvalue weighted by Crippen LogP contribution is -2.30. The Morgan fingerprint density at radius 1 is 0.313 bits per heavy atom. The summed E-state index contributed by atoms with van der Waals surface area (Å²) < 4.78 is 16.8. The van der Waals surface area contributed by atoms with E-state index < -0.39 is 6.10 Å². The molecule has 67 heavy (non-hydrogen) atoms. The molecule has 6 heteroatoms. The topological polar surface area (TPSA) is 78.9 Å². The molecule has 0 saturated heterocycles. The van der Waals surface area contributed by atoms with E-state index in [1.807, 2.05) is 0 Å². The predicted octanol–water partition coefficient (Wildman–Crippen LogP) is 19.0. The van der Waals surface area contributed by atoms with Gasteiger partial charge in [0.2, 0.25) is 0 Å². The molecule has 386 valence electrons. The van der Waals surface area contributed by atoms with Crippen LogP contribution >= 0.6 is 0 Å². The van der Waals surface area contributed by atoms with Crippen molar-refractivity contribution in [2.75, 3.05) is 13.2 Å². The van der Waals surface area contributed by atoms with E-state index in [9.17, 15) is 14.4 Å². The normalized spacial score (nSPS) is 12.6. The third-order valence-corrected chi connectivity index (χ3v) is 12.2. The monoisotopic (exact) mass is 935 g/mol. The molecule has 0 radical (unpaired) electrons. The lowest BCUT2D eigenvalue weighted by atomic mass is 10.1. The maximum absolute atomic E-state index is 12.8. The van der Waals surface area contributed by atoms with Crippen molar-refractivity contribution in [2.45, 2.75) is 284 Å². The van der Waals surface area contributed by atoms with E-state index in [-0.39, 0.29) is 37.5 Å². The number of hydrogen-bond acceptors (Lipinski definition) is 6. The summed E-state index contributed by atoms with van der Waals surface area (Å²) in [6.07, 6.45) is 70.4. The second-order valence-electron chi connectivity index (χ2n) is 18.9. The Labute approximate surface area is 414 Å². The molecule has 0 heterocycles. The van der Waals surface area contributed by atoms with E-state index >= 15 is 0 Å². The largest absolute Gasteiger partial charge is 0.462 e. The molecule has 0 aliphatic heterocycles. The molecule has 1 unspecified atom stereocenters. The summed E-state index contributed by atoms with van der Waals surface area (Å²) >= 11 is 0. The number of rotatable bonds is 51. The minimum atomic E-state index is -0.809. The smallest absolute Gasteiger partial charge is 0.306 e. The second kappa shape index (κ2) is 55.4. The zero-order valence-electron chi connectivity index (χ0n) is 44.2. The fourth-order valence-electron chi connectivity index (χ4n) is 7.86. The average molecular weight is 936 g/mol. The summed E-state index contributed by atoms with van der Waals surface area (Å²) in [4.78, 5) is 38.1. The van der Waals surface area contributed by atoms with Gasteiger partial charge in [-0.25, -0.2) is 0 Å². The summed E-state index contributed by atoms with van der Waals surface area (Å²) in [6, 6.07) is 0. The van der Waals surface area contributed by atoms with Gasteiger partial charge in [0.15, 0.2) is 6.10 Å². The zero-order chi connectivity index (χ0) is 48.6. The molecule has 0 aromatic rings. The summed E-state index contributed by atoms with van der Waals surface area (Å²) in [5, 5.41) is 0. The van der Waals surface area contributed by atoms with E-state index in [2.05, 4.69) is 93.7 Å². The van der Waals surface area contributed by atoms with Crippen molar-refractivity contribution in [1.29, 1.82) is 0 Å². The van der Waals surface area contributed by atoms with Crippen molar-refractivity contribution in [1.82, 2.24) is 0 Å². The van der Waals surface area contributed by atoms with Crippen LogP contribution in [0.3, 0.4) is 0 Å². The second-order valence-corrected chi connectivity index (χ2v) is 18.9. The van der Waals surface area contributed by atoms with Crippen LogP contribution in [-0.4, -0.2) is 37.2 Å². The maximum Gasteiger partial charge on any atom is 0.306 e. The molecule has 0 aliphatic rings. The molecule has 0 amide bonds. The predicted molar refractivity (Wildman–Crippen MR) is 288 cm³/mol. The van der Waals surface area contributed by atoms with Crippen LogP contribution in [0, 0.1) is 0 Å².